The first-order valence-corrected chi connectivity index (χ1v) is 9.12. The number of carbonyl (C=O) groups is 2. The Morgan fingerprint density at radius 2 is 0.938 bits per heavy atom. The molecule has 0 bridgehead atoms. The predicted molar refractivity (Wildman–Crippen MR) is 118 cm³/mol. The van der Waals surface area contributed by atoms with Gasteiger partial charge in [-0.2, -0.15) is 10.2 Å². The normalized spacial score (nSPS) is 11.0. The number of nitro groups is 2. The van der Waals surface area contributed by atoms with Gasteiger partial charge in [-0.15, -0.1) is 0 Å². The zero-order valence-electron chi connectivity index (χ0n) is 17.9. The summed E-state index contributed by atoms with van der Waals surface area (Å²) in [6.45, 7) is 6.12. The van der Waals surface area contributed by atoms with E-state index in [1.165, 1.54) is 38.1 Å². The SMILES string of the molecule is CC(=O)N/N=C(\C)c1ccc([N+](=O)[O-])cc1.CC(=O)N/N=C(\C)c1ccc([N+](=O)[O-])cc1. The molecule has 0 atom stereocenters. The highest BCUT2D eigenvalue weighted by Crippen LogP contribution is 2.13. The number of carbonyl (C=O) groups excluding carboxylic acids is 2. The molecule has 0 saturated carbocycles. The fourth-order valence-electron chi connectivity index (χ4n) is 2.10. The molecule has 2 rings (SSSR count). The van der Waals surface area contributed by atoms with Gasteiger partial charge in [0.2, 0.25) is 11.8 Å². The Bertz CT molecular complexity index is 960. The van der Waals surface area contributed by atoms with Crippen molar-refractivity contribution in [2.45, 2.75) is 27.7 Å². The van der Waals surface area contributed by atoms with Gasteiger partial charge in [0.25, 0.3) is 11.4 Å². The van der Waals surface area contributed by atoms with Crippen molar-refractivity contribution in [3.8, 4) is 0 Å². The van der Waals surface area contributed by atoms with Crippen LogP contribution in [-0.4, -0.2) is 33.1 Å². The first-order valence-electron chi connectivity index (χ1n) is 9.12. The molecule has 2 N–H and O–H groups in total. The second kappa shape index (κ2) is 12.3. The van der Waals surface area contributed by atoms with E-state index in [2.05, 4.69) is 21.1 Å². The molecule has 0 saturated heterocycles. The number of hydrogen-bond donors (Lipinski definition) is 2. The van der Waals surface area contributed by atoms with E-state index >= 15 is 0 Å². The van der Waals surface area contributed by atoms with Crippen LogP contribution in [0.3, 0.4) is 0 Å². The van der Waals surface area contributed by atoms with Crippen LogP contribution < -0.4 is 10.9 Å². The van der Waals surface area contributed by atoms with Crippen molar-refractivity contribution >= 4 is 34.6 Å². The number of nitrogens with one attached hydrogen (secondary N) is 2. The molecular weight excluding hydrogens is 420 g/mol. The van der Waals surface area contributed by atoms with Gasteiger partial charge in [-0.3, -0.25) is 29.8 Å². The molecule has 2 amide bonds. The van der Waals surface area contributed by atoms with Crippen LogP contribution in [0, 0.1) is 20.2 Å². The summed E-state index contributed by atoms with van der Waals surface area (Å²) in [7, 11) is 0. The molecule has 0 heterocycles. The van der Waals surface area contributed by atoms with Crippen LogP contribution in [0.25, 0.3) is 0 Å². The average molecular weight is 442 g/mol. The fraction of sp³-hybridized carbons (Fsp3) is 0.200. The first kappa shape index (κ1) is 25.6. The number of hydrazone groups is 2. The van der Waals surface area contributed by atoms with Crippen molar-refractivity contribution in [1.82, 2.24) is 10.9 Å². The summed E-state index contributed by atoms with van der Waals surface area (Å²) >= 11 is 0. The Balaban J connectivity index is 0.000000320. The predicted octanol–water partition coefficient (Wildman–Crippen LogP) is 2.91. The topological polar surface area (TPSA) is 169 Å². The van der Waals surface area contributed by atoms with E-state index in [4.69, 9.17) is 0 Å². The zero-order chi connectivity index (χ0) is 24.3. The summed E-state index contributed by atoms with van der Waals surface area (Å²) in [5.74, 6) is -0.525. The lowest BCUT2D eigenvalue weighted by Crippen LogP contribution is -2.14. The van der Waals surface area contributed by atoms with Crippen molar-refractivity contribution in [2.75, 3.05) is 0 Å². The molecule has 0 unspecified atom stereocenters. The highest BCUT2D eigenvalue weighted by Gasteiger charge is 2.06. The fourth-order valence-corrected chi connectivity index (χ4v) is 2.10. The number of rotatable bonds is 6. The Morgan fingerprint density at radius 3 is 1.16 bits per heavy atom. The number of amides is 2. The van der Waals surface area contributed by atoms with Crippen molar-refractivity contribution in [3.63, 3.8) is 0 Å². The standard InChI is InChI=1S/2C10H11N3O3/c2*1-7(11-12-8(2)14)9-3-5-10(6-4-9)13(15)16/h2*3-6H,1-2H3,(H,12,14)/b2*11-7+. The van der Waals surface area contributed by atoms with Crippen molar-refractivity contribution < 1.29 is 19.4 Å². The number of non-ortho nitro benzene ring substituents is 2. The van der Waals surface area contributed by atoms with Gasteiger partial charge in [-0.05, 0) is 49.2 Å². The van der Waals surface area contributed by atoms with Gasteiger partial charge in [0.1, 0.15) is 0 Å². The van der Waals surface area contributed by atoms with Gasteiger partial charge < -0.3 is 0 Å². The minimum atomic E-state index is -0.468. The van der Waals surface area contributed by atoms with Gasteiger partial charge in [-0.25, -0.2) is 10.9 Å². The quantitative estimate of drug-likeness (QED) is 0.396. The van der Waals surface area contributed by atoms with Crippen LogP contribution in [-0.2, 0) is 9.59 Å². The number of hydrogen-bond acceptors (Lipinski definition) is 8. The maximum Gasteiger partial charge on any atom is 0.269 e. The van der Waals surface area contributed by atoms with Gasteiger partial charge in [0.05, 0.1) is 21.3 Å². The van der Waals surface area contributed by atoms with Gasteiger partial charge >= 0.3 is 0 Å². The first-order chi connectivity index (χ1) is 15.0. The highest BCUT2D eigenvalue weighted by atomic mass is 16.6. The second-order valence-corrected chi connectivity index (χ2v) is 6.34. The number of nitro benzene ring substituents is 2. The average Bonchev–Trinajstić information content (AvgIpc) is 2.76. The summed E-state index contributed by atoms with van der Waals surface area (Å²) in [6.07, 6.45) is 0. The summed E-state index contributed by atoms with van der Waals surface area (Å²) in [6, 6.07) is 11.9. The highest BCUT2D eigenvalue weighted by molar-refractivity contribution is 5.99. The van der Waals surface area contributed by atoms with Crippen molar-refractivity contribution in [2.24, 2.45) is 10.2 Å². The second-order valence-electron chi connectivity index (χ2n) is 6.34. The molecule has 0 aromatic heterocycles. The van der Waals surface area contributed by atoms with E-state index in [0.717, 1.165) is 11.1 Å². The molecule has 0 aliphatic carbocycles. The van der Waals surface area contributed by atoms with Crippen molar-refractivity contribution in [3.05, 3.63) is 79.9 Å². The summed E-state index contributed by atoms with van der Waals surface area (Å²) < 4.78 is 0. The summed E-state index contributed by atoms with van der Waals surface area (Å²) in [5.41, 5.74) is 7.26. The lowest BCUT2D eigenvalue weighted by molar-refractivity contribution is -0.385. The van der Waals surface area contributed by atoms with Gasteiger partial charge in [-0.1, -0.05) is 0 Å². The number of benzene rings is 2. The zero-order valence-corrected chi connectivity index (χ0v) is 17.9. The summed E-state index contributed by atoms with van der Waals surface area (Å²) in [5, 5.41) is 28.5. The van der Waals surface area contributed by atoms with Gasteiger partial charge in [0.15, 0.2) is 0 Å². The van der Waals surface area contributed by atoms with E-state index in [1.807, 2.05) is 0 Å². The molecule has 0 aliphatic heterocycles. The monoisotopic (exact) mass is 442 g/mol. The largest absolute Gasteiger partial charge is 0.274 e. The molecular formula is C20H22N6O6. The minimum absolute atomic E-state index is 0.0241. The maximum atomic E-state index is 10.6. The molecule has 12 heteroatoms. The minimum Gasteiger partial charge on any atom is -0.274 e. The third-order valence-corrected chi connectivity index (χ3v) is 3.75. The Morgan fingerprint density at radius 1 is 0.656 bits per heavy atom. The summed E-state index contributed by atoms with van der Waals surface area (Å²) in [4.78, 5) is 41.1. The molecule has 12 nitrogen and oxygen atoms in total. The molecule has 0 fully saturated rings. The van der Waals surface area contributed by atoms with Crippen LogP contribution >= 0.6 is 0 Å². The molecule has 0 spiro atoms. The van der Waals surface area contributed by atoms with E-state index in [1.54, 1.807) is 38.1 Å². The van der Waals surface area contributed by atoms with E-state index in [9.17, 15) is 29.8 Å². The Kier molecular flexibility index (Phi) is 9.80. The third-order valence-electron chi connectivity index (χ3n) is 3.75. The molecule has 2 aromatic rings. The van der Waals surface area contributed by atoms with Gasteiger partial charge in [0, 0.05) is 38.1 Å². The van der Waals surface area contributed by atoms with Crippen molar-refractivity contribution in [1.29, 1.82) is 0 Å². The van der Waals surface area contributed by atoms with E-state index < -0.39 is 9.85 Å². The Labute approximate surface area is 183 Å². The third kappa shape index (κ3) is 8.90. The Hall–Kier alpha value is -4.48. The van der Waals surface area contributed by atoms with Crippen LogP contribution in [0.15, 0.2) is 58.7 Å². The van der Waals surface area contributed by atoms with E-state index in [0.29, 0.717) is 11.4 Å². The molecule has 32 heavy (non-hydrogen) atoms. The molecule has 2 aromatic carbocycles. The van der Waals surface area contributed by atoms with E-state index in [-0.39, 0.29) is 23.2 Å². The van der Waals surface area contributed by atoms with Crippen LogP contribution in [0.2, 0.25) is 0 Å². The number of nitrogens with zero attached hydrogens (tertiary/aromatic N) is 4. The molecule has 0 radical (unpaired) electrons. The van der Waals surface area contributed by atoms with Crippen LogP contribution in [0.4, 0.5) is 11.4 Å². The molecule has 0 aliphatic rings. The van der Waals surface area contributed by atoms with Crippen LogP contribution in [0.5, 0.6) is 0 Å². The maximum absolute atomic E-state index is 10.6. The lowest BCUT2D eigenvalue weighted by atomic mass is 10.1. The van der Waals surface area contributed by atoms with Crippen LogP contribution in [0.1, 0.15) is 38.8 Å². The molecule has 168 valence electrons. The lowest BCUT2D eigenvalue weighted by Gasteiger charge is -2.00. The smallest absolute Gasteiger partial charge is 0.269 e.